The number of hydrogen-bond donors (Lipinski definition) is 2. The van der Waals surface area contributed by atoms with E-state index in [0.717, 1.165) is 10.6 Å². The van der Waals surface area contributed by atoms with Gasteiger partial charge in [-0.25, -0.2) is 8.42 Å². The van der Waals surface area contributed by atoms with Crippen molar-refractivity contribution in [2.45, 2.75) is 32.9 Å². The molecule has 2 aromatic carbocycles. The molecule has 0 heterocycles. The van der Waals surface area contributed by atoms with Gasteiger partial charge >= 0.3 is 0 Å². The fourth-order valence-electron chi connectivity index (χ4n) is 2.92. The Morgan fingerprint density at radius 2 is 1.70 bits per heavy atom. The topological polar surface area (TPSA) is 105 Å². The third-order valence-corrected chi connectivity index (χ3v) is 5.49. The lowest BCUT2D eigenvalue weighted by atomic mass is 10.1. The predicted octanol–water partition coefficient (Wildman–Crippen LogP) is 2.63. The molecule has 0 aliphatic rings. The Bertz CT molecular complexity index is 1020. The Morgan fingerprint density at radius 3 is 2.30 bits per heavy atom. The minimum Gasteiger partial charge on any atom is -0.497 e. The average molecular weight is 434 g/mol. The summed E-state index contributed by atoms with van der Waals surface area (Å²) in [5.41, 5.74) is 0.885. The molecule has 2 aromatic rings. The van der Waals surface area contributed by atoms with E-state index in [1.807, 2.05) is 13.8 Å². The van der Waals surface area contributed by atoms with Gasteiger partial charge in [0.25, 0.3) is 5.91 Å². The van der Waals surface area contributed by atoms with Crippen LogP contribution in [0.1, 0.15) is 31.1 Å². The highest BCUT2D eigenvalue weighted by Crippen LogP contribution is 2.26. The van der Waals surface area contributed by atoms with Crippen molar-refractivity contribution >= 4 is 33.2 Å². The van der Waals surface area contributed by atoms with Crippen LogP contribution < -0.4 is 19.7 Å². The van der Waals surface area contributed by atoms with E-state index in [0.29, 0.717) is 22.7 Å². The molecule has 9 heteroatoms. The smallest absolute Gasteiger partial charge is 0.253 e. The highest BCUT2D eigenvalue weighted by molar-refractivity contribution is 7.92. The van der Waals surface area contributed by atoms with Crippen LogP contribution in [0.5, 0.6) is 5.75 Å². The maximum Gasteiger partial charge on any atom is 0.253 e. The molecule has 8 nitrogen and oxygen atoms in total. The first-order chi connectivity index (χ1) is 14.0. The van der Waals surface area contributed by atoms with Crippen LogP contribution in [0.3, 0.4) is 0 Å². The Labute approximate surface area is 177 Å². The number of nitrogens with one attached hydrogen (secondary N) is 2. The molecule has 0 aliphatic carbocycles. The summed E-state index contributed by atoms with van der Waals surface area (Å²) in [5.74, 6) is -0.446. The van der Waals surface area contributed by atoms with Crippen LogP contribution in [0, 0.1) is 0 Å². The first-order valence-electron chi connectivity index (χ1n) is 9.38. The second kappa shape index (κ2) is 9.62. The lowest BCUT2D eigenvalue weighted by Gasteiger charge is -2.28. The van der Waals surface area contributed by atoms with Gasteiger partial charge in [0.1, 0.15) is 11.8 Å². The van der Waals surface area contributed by atoms with Gasteiger partial charge in [-0.3, -0.25) is 13.9 Å². The van der Waals surface area contributed by atoms with Crippen LogP contribution in [0.2, 0.25) is 0 Å². The van der Waals surface area contributed by atoms with E-state index in [2.05, 4.69) is 10.6 Å². The first kappa shape index (κ1) is 23.2. The van der Waals surface area contributed by atoms with Crippen molar-refractivity contribution in [2.75, 3.05) is 23.0 Å². The molecule has 0 saturated carbocycles. The van der Waals surface area contributed by atoms with Crippen molar-refractivity contribution < 1.29 is 22.7 Å². The SMILES string of the molecule is COc1cccc(N([C@H](C)C(=O)Nc2ccccc2C(=O)NC(C)C)S(C)(=O)=O)c1. The summed E-state index contributed by atoms with van der Waals surface area (Å²) >= 11 is 0. The minimum atomic E-state index is -3.78. The molecule has 0 unspecified atom stereocenters. The van der Waals surface area contributed by atoms with Crippen molar-refractivity contribution in [3.8, 4) is 5.75 Å². The van der Waals surface area contributed by atoms with Crippen LogP contribution in [-0.4, -0.2) is 45.7 Å². The standard InChI is InChI=1S/C21H27N3O5S/c1-14(2)22-21(26)18-11-6-7-12-19(18)23-20(25)15(3)24(30(5,27)28)16-9-8-10-17(13-16)29-4/h6-15H,1-5H3,(H,22,26)(H,23,25)/t15-/m1/s1. The Hall–Kier alpha value is -3.07. The molecule has 0 saturated heterocycles. The number of carbonyl (C=O) groups excluding carboxylic acids is 2. The molecule has 0 aliphatic heterocycles. The summed E-state index contributed by atoms with van der Waals surface area (Å²) in [6.07, 6.45) is 1.03. The van der Waals surface area contributed by atoms with Gasteiger partial charge in [-0.15, -0.1) is 0 Å². The van der Waals surface area contributed by atoms with Gasteiger partial charge in [0.15, 0.2) is 0 Å². The van der Waals surface area contributed by atoms with E-state index >= 15 is 0 Å². The number of hydrogen-bond acceptors (Lipinski definition) is 5. The molecule has 0 radical (unpaired) electrons. The fourth-order valence-corrected chi connectivity index (χ4v) is 4.09. The third-order valence-electron chi connectivity index (χ3n) is 4.25. The summed E-state index contributed by atoms with van der Waals surface area (Å²) in [7, 11) is -2.31. The van der Waals surface area contributed by atoms with Crippen molar-refractivity contribution in [1.82, 2.24) is 5.32 Å². The number of anilines is 2. The van der Waals surface area contributed by atoms with Gasteiger partial charge in [-0.1, -0.05) is 18.2 Å². The zero-order valence-electron chi connectivity index (χ0n) is 17.7. The van der Waals surface area contributed by atoms with Crippen LogP contribution in [-0.2, 0) is 14.8 Å². The van der Waals surface area contributed by atoms with Crippen molar-refractivity contribution in [2.24, 2.45) is 0 Å². The minimum absolute atomic E-state index is 0.0750. The molecular formula is C21H27N3O5S. The summed E-state index contributed by atoms with van der Waals surface area (Å²) < 4.78 is 31.1. The van der Waals surface area contributed by atoms with Crippen molar-refractivity contribution in [3.05, 3.63) is 54.1 Å². The summed E-state index contributed by atoms with van der Waals surface area (Å²) in [4.78, 5) is 25.4. The van der Waals surface area contributed by atoms with Crippen molar-refractivity contribution in [3.63, 3.8) is 0 Å². The number of amides is 2. The molecule has 0 spiro atoms. The zero-order valence-corrected chi connectivity index (χ0v) is 18.5. The molecule has 0 bridgehead atoms. The van der Waals surface area contributed by atoms with Gasteiger partial charge < -0.3 is 15.4 Å². The number of ether oxygens (including phenoxy) is 1. The summed E-state index contributed by atoms with van der Waals surface area (Å²) in [6, 6.07) is 11.8. The maximum atomic E-state index is 12.9. The Kier molecular flexibility index (Phi) is 7.44. The van der Waals surface area contributed by atoms with Crippen LogP contribution >= 0.6 is 0 Å². The third kappa shape index (κ3) is 5.73. The van der Waals surface area contributed by atoms with Crippen molar-refractivity contribution in [1.29, 1.82) is 0 Å². The second-order valence-electron chi connectivity index (χ2n) is 7.10. The molecule has 2 N–H and O–H groups in total. The first-order valence-corrected chi connectivity index (χ1v) is 11.2. The van der Waals surface area contributed by atoms with E-state index < -0.39 is 22.0 Å². The lowest BCUT2D eigenvalue weighted by Crippen LogP contribution is -2.45. The van der Waals surface area contributed by atoms with E-state index in [4.69, 9.17) is 4.74 Å². The predicted molar refractivity (Wildman–Crippen MR) is 117 cm³/mol. The number of rotatable bonds is 8. The van der Waals surface area contributed by atoms with Crippen LogP contribution in [0.4, 0.5) is 11.4 Å². The van der Waals surface area contributed by atoms with Gasteiger partial charge in [-0.05, 0) is 45.0 Å². The number of sulfonamides is 1. The van der Waals surface area contributed by atoms with E-state index in [1.165, 1.54) is 20.1 Å². The molecule has 0 fully saturated rings. The number of benzene rings is 2. The zero-order chi connectivity index (χ0) is 22.5. The Balaban J connectivity index is 2.34. The molecular weight excluding hydrogens is 406 g/mol. The van der Waals surface area contributed by atoms with Crippen LogP contribution in [0.25, 0.3) is 0 Å². The van der Waals surface area contributed by atoms with E-state index in [9.17, 15) is 18.0 Å². The van der Waals surface area contributed by atoms with Gasteiger partial charge in [0.2, 0.25) is 15.9 Å². The summed E-state index contributed by atoms with van der Waals surface area (Å²) in [6.45, 7) is 5.14. The number of carbonyl (C=O) groups is 2. The molecule has 162 valence electrons. The highest BCUT2D eigenvalue weighted by Gasteiger charge is 2.30. The summed E-state index contributed by atoms with van der Waals surface area (Å²) in [5, 5.41) is 5.46. The highest BCUT2D eigenvalue weighted by atomic mass is 32.2. The van der Waals surface area contributed by atoms with Gasteiger partial charge in [0, 0.05) is 12.1 Å². The number of para-hydroxylation sites is 1. The molecule has 30 heavy (non-hydrogen) atoms. The van der Waals surface area contributed by atoms with Gasteiger partial charge in [0.05, 0.1) is 30.3 Å². The second-order valence-corrected chi connectivity index (χ2v) is 8.96. The normalized spacial score (nSPS) is 12.2. The molecule has 1 atom stereocenters. The molecule has 0 aromatic heterocycles. The van der Waals surface area contributed by atoms with E-state index in [1.54, 1.807) is 42.5 Å². The molecule has 2 amide bonds. The van der Waals surface area contributed by atoms with Crippen LogP contribution in [0.15, 0.2) is 48.5 Å². The fraction of sp³-hybridized carbons (Fsp3) is 0.333. The molecule has 2 rings (SSSR count). The Morgan fingerprint density at radius 1 is 1.03 bits per heavy atom. The largest absolute Gasteiger partial charge is 0.497 e. The lowest BCUT2D eigenvalue weighted by molar-refractivity contribution is -0.116. The monoisotopic (exact) mass is 433 g/mol. The van der Waals surface area contributed by atoms with E-state index in [-0.39, 0.29) is 11.9 Å². The quantitative estimate of drug-likeness (QED) is 0.666. The number of nitrogens with zero attached hydrogens (tertiary/aromatic N) is 1. The maximum absolute atomic E-state index is 12.9. The van der Waals surface area contributed by atoms with Gasteiger partial charge in [-0.2, -0.15) is 0 Å². The average Bonchev–Trinajstić information content (AvgIpc) is 2.67. The number of methoxy groups -OCH3 is 1.